The van der Waals surface area contributed by atoms with Crippen LogP contribution >= 0.6 is 0 Å². The van der Waals surface area contributed by atoms with Crippen molar-refractivity contribution in [1.29, 1.82) is 0 Å². The predicted octanol–water partition coefficient (Wildman–Crippen LogP) is 22.2. The predicted molar refractivity (Wildman–Crippen MR) is 418 cm³/mol. The van der Waals surface area contributed by atoms with E-state index in [4.69, 9.17) is 21.8 Å². The third-order valence-electron chi connectivity index (χ3n) is 20.3. The van der Waals surface area contributed by atoms with Crippen LogP contribution < -0.4 is 18.3 Å². The summed E-state index contributed by atoms with van der Waals surface area (Å²) in [6.45, 7) is 8.46. The summed E-state index contributed by atoms with van der Waals surface area (Å²) in [5.41, 5.74) is 22.7. The standard InChI is InChI=1S/2C24H20NO.C23H18NO.C22H17N2O/c2*1-15-8-10-18(16(2)12-15)21-13-20-23(14-25(21)3)26-22-11-9-17-6-4-5-7-19(17)24(20)22;1-15-7-3-5-9-17(15)20-13-19-22(14-24(20)2)25-21-12-11-16-8-4-6-10-18(16)23(19)21;1-14-7-3-5-9-16(14)19-11-18-20(13-24(19)2)25-22-21(18)17-10-6-4-8-15(17)12-23-22/h2*4-14H,1-3H3;3-14H,1-2H3;3-13H,1-2H3/q4*+1/i1D3;;;. The second-order valence-corrected chi connectivity index (χ2v) is 27.1. The molecule has 20 rings (SSSR count). The van der Waals surface area contributed by atoms with Crippen LogP contribution in [-0.2, 0) is 28.2 Å². The van der Waals surface area contributed by atoms with Crippen molar-refractivity contribution in [3.05, 3.63) is 307 Å². The highest BCUT2D eigenvalue weighted by Gasteiger charge is 2.25. The molecule has 0 spiro atoms. The maximum Gasteiger partial charge on any atom is 0.228 e. The molecule has 0 atom stereocenters. The average molecular weight is 1330 g/mol. The van der Waals surface area contributed by atoms with Crippen LogP contribution in [0, 0.1) is 41.5 Å². The van der Waals surface area contributed by atoms with E-state index in [1.54, 1.807) is 12.1 Å². The first-order chi connectivity index (χ1) is 50.9. The van der Waals surface area contributed by atoms with Gasteiger partial charge in [0, 0.05) is 99.9 Å². The fourth-order valence-electron chi connectivity index (χ4n) is 15.2. The lowest BCUT2D eigenvalue weighted by molar-refractivity contribution is -0.659. The molecule has 0 aliphatic heterocycles. The number of hydrogen-bond donors (Lipinski definition) is 0. The fourth-order valence-corrected chi connectivity index (χ4v) is 15.2. The highest BCUT2D eigenvalue weighted by molar-refractivity contribution is 6.22. The topological polar surface area (TPSA) is 81.0 Å². The van der Waals surface area contributed by atoms with Crippen LogP contribution in [0.1, 0.15) is 37.5 Å². The number of aromatic nitrogens is 5. The molecule has 0 fully saturated rings. The quantitative estimate of drug-likeness (QED) is 0.164. The molecule has 0 aliphatic rings. The highest BCUT2D eigenvalue weighted by Crippen LogP contribution is 2.41. The van der Waals surface area contributed by atoms with Crippen molar-refractivity contribution in [1.82, 2.24) is 4.98 Å². The Labute approximate surface area is 594 Å². The molecule has 0 radical (unpaired) electrons. The van der Waals surface area contributed by atoms with Gasteiger partial charge in [-0.25, -0.2) is 4.98 Å². The smallest absolute Gasteiger partial charge is 0.228 e. The normalized spacial score (nSPS) is 12.2. The maximum atomic E-state index is 7.66. The van der Waals surface area contributed by atoms with Gasteiger partial charge in [0.05, 0.1) is 5.39 Å². The number of pyridine rings is 5. The van der Waals surface area contributed by atoms with E-state index >= 15 is 0 Å². The number of aryl methyl sites for hydroxylation is 10. The number of hydrogen-bond acceptors (Lipinski definition) is 5. The van der Waals surface area contributed by atoms with Crippen molar-refractivity contribution in [2.24, 2.45) is 28.2 Å². The lowest BCUT2D eigenvalue weighted by Gasteiger charge is -2.06. The minimum Gasteiger partial charge on any atom is -0.450 e. The van der Waals surface area contributed by atoms with Crippen LogP contribution in [0.3, 0.4) is 0 Å². The molecule has 0 amide bonds. The second kappa shape index (κ2) is 25.3. The third kappa shape index (κ3) is 11.0. The first-order valence-corrected chi connectivity index (χ1v) is 34.5. The van der Waals surface area contributed by atoms with Gasteiger partial charge >= 0.3 is 0 Å². The van der Waals surface area contributed by atoms with Gasteiger partial charge in [0.15, 0.2) is 16.7 Å². The summed E-state index contributed by atoms with van der Waals surface area (Å²) in [6, 6.07) is 84.0. The van der Waals surface area contributed by atoms with E-state index in [2.05, 4.69) is 280 Å². The molecule has 9 heteroatoms. The Morgan fingerprint density at radius 2 is 0.598 bits per heavy atom. The van der Waals surface area contributed by atoms with E-state index in [1.165, 1.54) is 110 Å². The van der Waals surface area contributed by atoms with Crippen molar-refractivity contribution >= 4 is 131 Å². The molecule has 0 unspecified atom stereocenters. The van der Waals surface area contributed by atoms with Gasteiger partial charge in [-0.2, -0.15) is 18.3 Å². The molecule has 0 saturated carbocycles. The lowest BCUT2D eigenvalue weighted by Crippen LogP contribution is -2.30. The third-order valence-corrected chi connectivity index (χ3v) is 20.3. The molecule has 0 saturated heterocycles. The molecule has 20 aromatic rings. The van der Waals surface area contributed by atoms with Crippen molar-refractivity contribution in [2.45, 2.75) is 41.5 Å². The van der Waals surface area contributed by atoms with Crippen molar-refractivity contribution in [3.63, 3.8) is 0 Å². The SMILES string of the molecule is Cc1ccc(-c2cc3c(c[n+]2C)oc2ccc4ccccc4c23)c(C)c1.Cc1ccccc1-c1cc2c(c[n+]1C)oc1ccc3ccccc3c12.Cc1ccccc1-c1cc2c(c[n+]1C)oc1ncc3ccccc3c12.[2H]C([2H])([2H])c1ccc(-c2cc3c(c[n+]2C)oc2ccc4ccccc4c23)c(C)c1. The molecule has 0 aliphatic carbocycles. The molecule has 102 heavy (non-hydrogen) atoms. The Morgan fingerprint density at radius 3 is 0.990 bits per heavy atom. The molecule has 0 N–H and O–H groups in total. The van der Waals surface area contributed by atoms with Crippen molar-refractivity contribution in [3.8, 4) is 45.0 Å². The van der Waals surface area contributed by atoms with Crippen LogP contribution in [-0.4, -0.2) is 4.98 Å². The highest BCUT2D eigenvalue weighted by atomic mass is 16.3. The lowest BCUT2D eigenvalue weighted by atomic mass is 10.00. The van der Waals surface area contributed by atoms with Gasteiger partial charge in [0.2, 0.25) is 58.9 Å². The Kier molecular flexibility index (Phi) is 14.7. The first kappa shape index (κ1) is 59.5. The monoisotopic (exact) mass is 1330 g/mol. The van der Waals surface area contributed by atoms with Gasteiger partial charge in [-0.15, -0.1) is 0 Å². The van der Waals surface area contributed by atoms with Gasteiger partial charge in [0.25, 0.3) is 0 Å². The van der Waals surface area contributed by atoms with Crippen LogP contribution in [0.4, 0.5) is 0 Å². The van der Waals surface area contributed by atoms with Crippen molar-refractivity contribution < 1.29 is 40.0 Å². The molecule has 9 nitrogen and oxygen atoms in total. The molecule has 9 aromatic heterocycles. The maximum absolute atomic E-state index is 7.66. The van der Waals surface area contributed by atoms with E-state index in [-0.39, 0.29) is 0 Å². The first-order valence-electron chi connectivity index (χ1n) is 36.0. The number of nitrogens with zero attached hydrogens (tertiary/aromatic N) is 5. The second-order valence-electron chi connectivity index (χ2n) is 27.1. The summed E-state index contributed by atoms with van der Waals surface area (Å²) >= 11 is 0. The van der Waals surface area contributed by atoms with E-state index in [0.717, 1.165) is 88.2 Å². The minimum atomic E-state index is -2.10. The Morgan fingerprint density at radius 1 is 0.275 bits per heavy atom. The van der Waals surface area contributed by atoms with Gasteiger partial charge < -0.3 is 17.7 Å². The number of rotatable bonds is 4. The van der Waals surface area contributed by atoms with Crippen LogP contribution in [0.2, 0.25) is 0 Å². The molecule has 9 heterocycles. The van der Waals surface area contributed by atoms with E-state index < -0.39 is 6.85 Å². The summed E-state index contributed by atoms with van der Waals surface area (Å²) in [5.74, 6) is 0. The number of fused-ring (bicyclic) bond motifs is 20. The molecule has 0 bridgehead atoms. The molecular formula is C93H75N5O4+4. The molecule has 11 aromatic carbocycles. The van der Waals surface area contributed by atoms with Crippen molar-refractivity contribution in [2.75, 3.05) is 0 Å². The number of furan rings is 4. The van der Waals surface area contributed by atoms with Gasteiger partial charge in [0.1, 0.15) is 44.9 Å². The largest absolute Gasteiger partial charge is 0.450 e. The zero-order chi connectivity index (χ0) is 72.1. The minimum absolute atomic E-state index is 0.363. The van der Waals surface area contributed by atoms with Gasteiger partial charge in [-0.1, -0.05) is 187 Å². The average Bonchev–Trinajstić information content (AvgIpc) is 1.64. The summed E-state index contributed by atoms with van der Waals surface area (Å²) < 4.78 is 55.9. The zero-order valence-corrected chi connectivity index (χ0v) is 58.3. The number of benzene rings is 11. The van der Waals surface area contributed by atoms with Gasteiger partial charge in [-0.3, -0.25) is 0 Å². The fraction of sp³-hybridized carbons (Fsp3) is 0.108. The Balaban J connectivity index is 0.000000103. The van der Waals surface area contributed by atoms with Crippen LogP contribution in [0.25, 0.3) is 176 Å². The molecular weight excluding hydrogens is 1250 g/mol. The summed E-state index contributed by atoms with van der Waals surface area (Å²) in [6.07, 6.45) is 10.1. The summed E-state index contributed by atoms with van der Waals surface area (Å²) in [5, 5.41) is 18.7. The van der Waals surface area contributed by atoms with Crippen LogP contribution in [0.15, 0.2) is 291 Å². The summed E-state index contributed by atoms with van der Waals surface area (Å²) in [7, 11) is 8.20. The zero-order valence-electron chi connectivity index (χ0n) is 61.3. The van der Waals surface area contributed by atoms with E-state index in [9.17, 15) is 0 Å². The Bertz CT molecular complexity index is 6720. The molecule has 492 valence electrons. The van der Waals surface area contributed by atoms with E-state index in [1.807, 2.05) is 67.5 Å². The van der Waals surface area contributed by atoms with E-state index in [0.29, 0.717) is 11.3 Å². The summed E-state index contributed by atoms with van der Waals surface area (Å²) in [4.78, 5) is 4.52. The Hall–Kier alpha value is -12.6. The van der Waals surface area contributed by atoms with Crippen LogP contribution in [0.5, 0.6) is 0 Å². The van der Waals surface area contributed by atoms with Gasteiger partial charge in [-0.05, 0) is 144 Å².